The Labute approximate surface area is 241 Å². The van der Waals surface area contributed by atoms with Gasteiger partial charge in [0.1, 0.15) is 18.6 Å². The van der Waals surface area contributed by atoms with Crippen LogP contribution in [0, 0.1) is 17.8 Å². The van der Waals surface area contributed by atoms with Gasteiger partial charge in [0, 0.05) is 12.1 Å². The molecular formula is C32H41N3O6. The fourth-order valence-electron chi connectivity index (χ4n) is 5.21. The van der Waals surface area contributed by atoms with Crippen molar-refractivity contribution in [3.05, 3.63) is 71.8 Å². The van der Waals surface area contributed by atoms with E-state index in [0.717, 1.165) is 24.8 Å². The molecule has 1 aliphatic carbocycles. The number of hydrogen-bond donors (Lipinski definition) is 3. The molecule has 1 aliphatic heterocycles. The molecule has 0 bridgehead atoms. The number of alkyl carbamates (subject to hydrolysis) is 1. The van der Waals surface area contributed by atoms with Crippen molar-refractivity contribution in [1.29, 1.82) is 0 Å². The van der Waals surface area contributed by atoms with Crippen LogP contribution in [-0.2, 0) is 36.9 Å². The van der Waals surface area contributed by atoms with Gasteiger partial charge < -0.3 is 25.4 Å². The van der Waals surface area contributed by atoms with E-state index in [4.69, 9.17) is 9.47 Å². The predicted molar refractivity (Wildman–Crippen MR) is 153 cm³/mol. The van der Waals surface area contributed by atoms with E-state index in [1.54, 1.807) is 6.92 Å². The lowest BCUT2D eigenvalue weighted by atomic mass is 9.83. The zero-order valence-electron chi connectivity index (χ0n) is 24.0. The minimum absolute atomic E-state index is 0.0148. The minimum Gasteiger partial charge on any atom is -0.451 e. The van der Waals surface area contributed by atoms with Gasteiger partial charge in [-0.15, -0.1) is 0 Å². The summed E-state index contributed by atoms with van der Waals surface area (Å²) in [5, 5.41) is 8.75. The predicted octanol–water partition coefficient (Wildman–Crippen LogP) is 3.90. The number of ether oxygens (including phenoxy) is 2. The van der Waals surface area contributed by atoms with Gasteiger partial charge in [-0.3, -0.25) is 14.4 Å². The van der Waals surface area contributed by atoms with Gasteiger partial charge in [-0.1, -0.05) is 80.9 Å². The lowest BCUT2D eigenvalue weighted by Crippen LogP contribution is -2.56. The maximum atomic E-state index is 13.0. The molecule has 41 heavy (non-hydrogen) atoms. The molecule has 3 amide bonds. The molecule has 0 radical (unpaired) electrons. The number of hydrogen-bond acceptors (Lipinski definition) is 6. The Morgan fingerprint density at radius 3 is 2.27 bits per heavy atom. The fraction of sp³-hybridized carbons (Fsp3) is 0.500. The SMILES string of the molecule is CC[C@@H](C)C1C(=O)OC1C(=O)N[C@@H]1C[C@H]1C[C@H](CCc1ccccc1)NC(=O)[C@H](C)NC(=O)OCc1ccccc1. The number of cyclic esters (lactones) is 1. The Kier molecular flexibility index (Phi) is 10.4. The van der Waals surface area contributed by atoms with Crippen LogP contribution in [-0.4, -0.2) is 48.1 Å². The zero-order valence-corrected chi connectivity index (χ0v) is 24.0. The van der Waals surface area contributed by atoms with Crippen molar-refractivity contribution in [2.45, 2.75) is 83.7 Å². The van der Waals surface area contributed by atoms with Gasteiger partial charge in [0.2, 0.25) is 5.91 Å². The van der Waals surface area contributed by atoms with Crippen molar-refractivity contribution >= 4 is 23.9 Å². The lowest BCUT2D eigenvalue weighted by molar-refractivity contribution is -0.193. The largest absolute Gasteiger partial charge is 0.451 e. The molecule has 220 valence electrons. The van der Waals surface area contributed by atoms with E-state index in [2.05, 4.69) is 28.1 Å². The number of nitrogens with one attached hydrogen (secondary N) is 3. The first-order chi connectivity index (χ1) is 19.7. The number of esters is 1. The van der Waals surface area contributed by atoms with Crippen molar-refractivity contribution in [3.8, 4) is 0 Å². The van der Waals surface area contributed by atoms with Gasteiger partial charge in [0.05, 0.1) is 0 Å². The Morgan fingerprint density at radius 2 is 1.63 bits per heavy atom. The highest BCUT2D eigenvalue weighted by molar-refractivity contribution is 5.94. The molecule has 2 aromatic carbocycles. The summed E-state index contributed by atoms with van der Waals surface area (Å²) in [5.41, 5.74) is 2.03. The first kappa shape index (κ1) is 30.1. The summed E-state index contributed by atoms with van der Waals surface area (Å²) in [5.74, 6) is -0.925. The normalized spacial score (nSPS) is 23.1. The minimum atomic E-state index is -0.780. The van der Waals surface area contributed by atoms with Gasteiger partial charge in [0.25, 0.3) is 5.91 Å². The van der Waals surface area contributed by atoms with E-state index < -0.39 is 18.2 Å². The molecule has 0 spiro atoms. The second-order valence-corrected chi connectivity index (χ2v) is 11.3. The Bertz CT molecular complexity index is 1190. The number of rotatable bonds is 14. The van der Waals surface area contributed by atoms with Crippen LogP contribution in [0.5, 0.6) is 0 Å². The summed E-state index contributed by atoms with van der Waals surface area (Å²) in [6.07, 6.45) is 2.41. The van der Waals surface area contributed by atoms with Gasteiger partial charge in [-0.2, -0.15) is 0 Å². The van der Waals surface area contributed by atoms with Gasteiger partial charge in [0.15, 0.2) is 6.10 Å². The molecule has 2 fully saturated rings. The highest BCUT2D eigenvalue weighted by atomic mass is 16.6. The second-order valence-electron chi connectivity index (χ2n) is 11.3. The number of amides is 3. The van der Waals surface area contributed by atoms with E-state index in [-0.39, 0.29) is 54.2 Å². The van der Waals surface area contributed by atoms with Crippen LogP contribution in [0.4, 0.5) is 4.79 Å². The zero-order chi connectivity index (χ0) is 29.4. The first-order valence-electron chi connectivity index (χ1n) is 14.6. The van der Waals surface area contributed by atoms with Crippen LogP contribution in [0.2, 0.25) is 0 Å². The Balaban J connectivity index is 1.27. The Morgan fingerprint density at radius 1 is 0.976 bits per heavy atom. The van der Waals surface area contributed by atoms with Crippen molar-refractivity contribution < 1.29 is 28.7 Å². The van der Waals surface area contributed by atoms with E-state index in [0.29, 0.717) is 12.8 Å². The topological polar surface area (TPSA) is 123 Å². The second kappa shape index (κ2) is 14.1. The van der Waals surface area contributed by atoms with Crippen molar-refractivity contribution in [2.24, 2.45) is 17.8 Å². The van der Waals surface area contributed by atoms with Crippen LogP contribution >= 0.6 is 0 Å². The average molecular weight is 564 g/mol. The fourth-order valence-corrected chi connectivity index (χ4v) is 5.21. The standard InChI is InChI=1S/C32H41N3O6/c1-4-20(2)27-28(41-31(27)38)30(37)35-26-18-24(26)17-25(16-15-22-11-7-5-8-12-22)34-29(36)21(3)33-32(39)40-19-23-13-9-6-10-14-23/h5-14,20-21,24-28H,4,15-19H2,1-3H3,(H,33,39)(H,34,36)(H,35,37)/t20-,21+,24-,25+,26-,27?,28?/m1/s1. The third kappa shape index (κ3) is 8.55. The van der Waals surface area contributed by atoms with Crippen LogP contribution in [0.25, 0.3) is 0 Å². The van der Waals surface area contributed by atoms with Gasteiger partial charge in [-0.25, -0.2) is 4.79 Å². The van der Waals surface area contributed by atoms with Crippen molar-refractivity contribution in [2.75, 3.05) is 0 Å². The van der Waals surface area contributed by atoms with E-state index in [1.165, 1.54) is 5.56 Å². The summed E-state index contributed by atoms with van der Waals surface area (Å²) in [6, 6.07) is 18.4. The smallest absolute Gasteiger partial charge is 0.408 e. The highest BCUT2D eigenvalue weighted by Gasteiger charge is 2.51. The summed E-state index contributed by atoms with van der Waals surface area (Å²) in [6.45, 7) is 5.70. The number of carbonyl (C=O) groups is 4. The molecule has 9 nitrogen and oxygen atoms in total. The maximum Gasteiger partial charge on any atom is 0.408 e. The molecule has 2 unspecified atom stereocenters. The molecule has 1 heterocycles. The third-order valence-corrected chi connectivity index (χ3v) is 8.11. The quantitative estimate of drug-likeness (QED) is 0.300. The molecule has 1 saturated heterocycles. The molecule has 4 rings (SSSR count). The van der Waals surface area contributed by atoms with E-state index in [1.807, 2.05) is 62.4 Å². The summed E-state index contributed by atoms with van der Waals surface area (Å²) in [4.78, 5) is 50.0. The molecule has 9 heteroatoms. The van der Waals surface area contributed by atoms with Crippen molar-refractivity contribution in [1.82, 2.24) is 16.0 Å². The molecule has 1 saturated carbocycles. The molecule has 2 aromatic rings. The lowest BCUT2D eigenvalue weighted by Gasteiger charge is -2.37. The van der Waals surface area contributed by atoms with Gasteiger partial charge >= 0.3 is 12.1 Å². The third-order valence-electron chi connectivity index (χ3n) is 8.11. The van der Waals surface area contributed by atoms with Crippen LogP contribution in [0.3, 0.4) is 0 Å². The van der Waals surface area contributed by atoms with Crippen LogP contribution < -0.4 is 16.0 Å². The average Bonchev–Trinajstić information content (AvgIpc) is 3.70. The first-order valence-corrected chi connectivity index (χ1v) is 14.6. The summed E-state index contributed by atoms with van der Waals surface area (Å²) >= 11 is 0. The van der Waals surface area contributed by atoms with Crippen molar-refractivity contribution in [3.63, 3.8) is 0 Å². The molecule has 0 aromatic heterocycles. The van der Waals surface area contributed by atoms with E-state index in [9.17, 15) is 19.2 Å². The Hall–Kier alpha value is -3.88. The maximum absolute atomic E-state index is 13.0. The summed E-state index contributed by atoms with van der Waals surface area (Å²) < 4.78 is 10.4. The number of aryl methyl sites for hydroxylation is 1. The molecule has 7 atom stereocenters. The monoisotopic (exact) mass is 563 g/mol. The summed E-state index contributed by atoms with van der Waals surface area (Å²) in [7, 11) is 0. The molecule has 2 aliphatic rings. The van der Waals surface area contributed by atoms with E-state index >= 15 is 0 Å². The molecule has 3 N–H and O–H groups in total. The highest BCUT2D eigenvalue weighted by Crippen LogP contribution is 2.37. The number of benzene rings is 2. The van der Waals surface area contributed by atoms with Gasteiger partial charge in [-0.05, 0) is 55.6 Å². The van der Waals surface area contributed by atoms with Crippen LogP contribution in [0.1, 0.15) is 57.6 Å². The number of carbonyl (C=O) groups excluding carboxylic acids is 4. The molecular weight excluding hydrogens is 522 g/mol. The van der Waals surface area contributed by atoms with Crippen LogP contribution in [0.15, 0.2) is 60.7 Å².